The summed E-state index contributed by atoms with van der Waals surface area (Å²) >= 11 is 0. The zero-order valence-corrected chi connectivity index (χ0v) is 25.1. The van der Waals surface area contributed by atoms with Crippen molar-refractivity contribution in [1.29, 1.82) is 0 Å². The lowest BCUT2D eigenvalue weighted by atomic mass is 9.94. The van der Waals surface area contributed by atoms with Crippen LogP contribution in [0.2, 0.25) is 0 Å². The lowest BCUT2D eigenvalue weighted by Crippen LogP contribution is -2.42. The number of amides is 1. The third-order valence-corrected chi connectivity index (χ3v) is 7.77. The van der Waals surface area contributed by atoms with Crippen molar-refractivity contribution in [1.82, 2.24) is 9.80 Å². The standard InChI is InChI=1S/C35H40N2O6/c1-24(2)22-43-30-14-11-28(21-25(30)3)33(38)31-32(37(35(40)34(31)39)16-15-36-17-19-41-20-18-36)27-9-12-29(13-10-27)42-23-26-7-5-4-6-8-26/h4-14,21,24,32,38H,15-20,22-23H2,1-3H3. The molecule has 2 saturated heterocycles. The van der Waals surface area contributed by atoms with Crippen LogP contribution < -0.4 is 9.47 Å². The van der Waals surface area contributed by atoms with Gasteiger partial charge in [0, 0.05) is 31.7 Å². The first-order valence-electron chi connectivity index (χ1n) is 14.9. The van der Waals surface area contributed by atoms with E-state index in [-0.39, 0.29) is 11.3 Å². The van der Waals surface area contributed by atoms with E-state index in [1.54, 1.807) is 23.1 Å². The number of carbonyl (C=O) groups excluding carboxylic acids is 2. The Kier molecular flexibility index (Phi) is 9.79. The number of hydrogen-bond donors (Lipinski definition) is 1. The maximum Gasteiger partial charge on any atom is 0.295 e. The summed E-state index contributed by atoms with van der Waals surface area (Å²) in [4.78, 5) is 30.8. The zero-order valence-electron chi connectivity index (χ0n) is 25.1. The zero-order chi connectivity index (χ0) is 30.3. The number of Topliss-reactive ketones (excluding diaryl/α,β-unsaturated/α-hetero) is 1. The molecule has 5 rings (SSSR count). The van der Waals surface area contributed by atoms with Crippen LogP contribution in [0, 0.1) is 12.8 Å². The van der Waals surface area contributed by atoms with Gasteiger partial charge in [-0.05, 0) is 59.9 Å². The van der Waals surface area contributed by atoms with Crippen LogP contribution in [0.3, 0.4) is 0 Å². The fourth-order valence-corrected chi connectivity index (χ4v) is 5.39. The number of nitrogens with zero attached hydrogens (tertiary/aromatic N) is 2. The lowest BCUT2D eigenvalue weighted by Gasteiger charge is -2.31. The maximum atomic E-state index is 13.5. The highest BCUT2D eigenvalue weighted by atomic mass is 16.5. The van der Waals surface area contributed by atoms with Crippen LogP contribution in [-0.2, 0) is 20.9 Å². The molecule has 0 saturated carbocycles. The van der Waals surface area contributed by atoms with Crippen LogP contribution >= 0.6 is 0 Å². The molecule has 2 aliphatic heterocycles. The summed E-state index contributed by atoms with van der Waals surface area (Å²) in [6.07, 6.45) is 0. The smallest absolute Gasteiger partial charge is 0.295 e. The molecular weight excluding hydrogens is 544 g/mol. The van der Waals surface area contributed by atoms with Crippen molar-refractivity contribution in [2.75, 3.05) is 46.0 Å². The molecule has 3 aromatic carbocycles. The summed E-state index contributed by atoms with van der Waals surface area (Å²) in [6, 6.07) is 21.9. The van der Waals surface area contributed by atoms with Gasteiger partial charge in [-0.3, -0.25) is 14.5 Å². The van der Waals surface area contributed by atoms with E-state index in [0.29, 0.717) is 56.7 Å². The first kappa shape index (κ1) is 30.3. The van der Waals surface area contributed by atoms with Crippen LogP contribution in [0.5, 0.6) is 11.5 Å². The van der Waals surface area contributed by atoms with Crippen LogP contribution in [0.1, 0.15) is 42.1 Å². The van der Waals surface area contributed by atoms with Gasteiger partial charge in [0.25, 0.3) is 11.7 Å². The third-order valence-electron chi connectivity index (χ3n) is 7.77. The van der Waals surface area contributed by atoms with E-state index in [9.17, 15) is 14.7 Å². The van der Waals surface area contributed by atoms with Gasteiger partial charge in [-0.1, -0.05) is 56.3 Å². The monoisotopic (exact) mass is 584 g/mol. The van der Waals surface area contributed by atoms with Crippen molar-refractivity contribution in [3.05, 3.63) is 101 Å². The second-order valence-corrected chi connectivity index (χ2v) is 11.5. The second-order valence-electron chi connectivity index (χ2n) is 11.5. The molecule has 1 amide bonds. The van der Waals surface area contributed by atoms with Crippen molar-refractivity contribution >= 4 is 17.4 Å². The Labute approximate surface area is 253 Å². The fourth-order valence-electron chi connectivity index (χ4n) is 5.39. The SMILES string of the molecule is Cc1cc(C(O)=C2C(=O)C(=O)N(CCN3CCOCC3)C2c2ccc(OCc3ccccc3)cc2)ccc1OCC(C)C. The molecule has 0 aliphatic carbocycles. The number of aliphatic hydroxyl groups excluding tert-OH is 1. The highest BCUT2D eigenvalue weighted by Crippen LogP contribution is 2.40. The second kappa shape index (κ2) is 13.9. The minimum absolute atomic E-state index is 0.0835. The molecule has 1 unspecified atom stereocenters. The Morgan fingerprint density at radius 1 is 0.953 bits per heavy atom. The molecule has 43 heavy (non-hydrogen) atoms. The highest BCUT2D eigenvalue weighted by molar-refractivity contribution is 6.46. The predicted octanol–water partition coefficient (Wildman–Crippen LogP) is 5.36. The molecule has 0 spiro atoms. The van der Waals surface area contributed by atoms with E-state index in [2.05, 4.69) is 18.7 Å². The quantitative estimate of drug-likeness (QED) is 0.184. The average molecular weight is 585 g/mol. The Morgan fingerprint density at radius 2 is 1.67 bits per heavy atom. The Bertz CT molecular complexity index is 1440. The van der Waals surface area contributed by atoms with Crippen molar-refractivity contribution < 1.29 is 28.9 Å². The number of benzene rings is 3. The van der Waals surface area contributed by atoms with Gasteiger partial charge < -0.3 is 24.2 Å². The van der Waals surface area contributed by atoms with Crippen molar-refractivity contribution in [2.45, 2.75) is 33.4 Å². The highest BCUT2D eigenvalue weighted by Gasteiger charge is 2.46. The summed E-state index contributed by atoms with van der Waals surface area (Å²) in [6.45, 7) is 10.8. The Balaban J connectivity index is 1.45. The number of likely N-dealkylation sites (tertiary alicyclic amines) is 1. The number of rotatable bonds is 11. The van der Waals surface area contributed by atoms with E-state index >= 15 is 0 Å². The number of aryl methyl sites for hydroxylation is 1. The molecule has 1 atom stereocenters. The summed E-state index contributed by atoms with van der Waals surface area (Å²) in [5.41, 5.74) is 3.17. The van der Waals surface area contributed by atoms with E-state index in [0.717, 1.165) is 35.5 Å². The van der Waals surface area contributed by atoms with E-state index in [4.69, 9.17) is 14.2 Å². The molecule has 0 bridgehead atoms. The molecule has 226 valence electrons. The summed E-state index contributed by atoms with van der Waals surface area (Å²) in [7, 11) is 0. The normalized spacial score (nSPS) is 18.8. The van der Waals surface area contributed by atoms with E-state index < -0.39 is 17.7 Å². The molecule has 8 heteroatoms. The van der Waals surface area contributed by atoms with Crippen LogP contribution in [0.4, 0.5) is 0 Å². The minimum Gasteiger partial charge on any atom is -0.507 e. The molecule has 2 fully saturated rings. The molecule has 8 nitrogen and oxygen atoms in total. The van der Waals surface area contributed by atoms with E-state index in [1.807, 2.05) is 61.5 Å². The minimum atomic E-state index is -0.735. The van der Waals surface area contributed by atoms with Gasteiger partial charge >= 0.3 is 0 Å². The molecule has 0 aromatic heterocycles. The third kappa shape index (κ3) is 7.27. The molecule has 0 radical (unpaired) electrons. The number of aliphatic hydroxyl groups is 1. The summed E-state index contributed by atoms with van der Waals surface area (Å²) < 4.78 is 17.3. The number of carbonyl (C=O) groups is 2. The fraction of sp³-hybridized carbons (Fsp3) is 0.371. The van der Waals surface area contributed by atoms with Crippen LogP contribution in [-0.4, -0.2) is 72.6 Å². The molecular formula is C35H40N2O6. The first-order valence-corrected chi connectivity index (χ1v) is 14.9. The largest absolute Gasteiger partial charge is 0.507 e. The topological polar surface area (TPSA) is 88.5 Å². The molecule has 3 aromatic rings. The number of hydrogen-bond acceptors (Lipinski definition) is 7. The summed E-state index contributed by atoms with van der Waals surface area (Å²) in [5.74, 6) is 0.269. The maximum absolute atomic E-state index is 13.5. The molecule has 2 aliphatic rings. The number of ether oxygens (including phenoxy) is 3. The average Bonchev–Trinajstić information content (AvgIpc) is 3.28. The van der Waals surface area contributed by atoms with Crippen molar-refractivity contribution in [3.63, 3.8) is 0 Å². The number of ketones is 1. The van der Waals surface area contributed by atoms with Crippen LogP contribution in [0.25, 0.3) is 5.76 Å². The predicted molar refractivity (Wildman–Crippen MR) is 165 cm³/mol. The molecule has 2 heterocycles. The van der Waals surface area contributed by atoms with Gasteiger partial charge in [-0.15, -0.1) is 0 Å². The van der Waals surface area contributed by atoms with E-state index in [1.165, 1.54) is 0 Å². The van der Waals surface area contributed by atoms with Crippen molar-refractivity contribution in [2.24, 2.45) is 5.92 Å². The van der Waals surface area contributed by atoms with Gasteiger partial charge in [-0.25, -0.2) is 0 Å². The van der Waals surface area contributed by atoms with Crippen LogP contribution in [0.15, 0.2) is 78.4 Å². The Hall–Kier alpha value is -4.14. The van der Waals surface area contributed by atoms with Gasteiger partial charge in [0.1, 0.15) is 23.9 Å². The first-order chi connectivity index (χ1) is 20.8. The summed E-state index contributed by atoms with van der Waals surface area (Å²) in [5, 5.41) is 11.6. The lowest BCUT2D eigenvalue weighted by molar-refractivity contribution is -0.140. The van der Waals surface area contributed by atoms with Gasteiger partial charge in [0.05, 0.1) is 31.4 Å². The van der Waals surface area contributed by atoms with Crippen molar-refractivity contribution in [3.8, 4) is 11.5 Å². The molecule has 1 N–H and O–H groups in total. The van der Waals surface area contributed by atoms with Gasteiger partial charge in [0.15, 0.2) is 0 Å². The number of morpholine rings is 1. The van der Waals surface area contributed by atoms with Gasteiger partial charge in [-0.2, -0.15) is 0 Å². The van der Waals surface area contributed by atoms with Gasteiger partial charge in [0.2, 0.25) is 0 Å². The Morgan fingerprint density at radius 3 is 2.35 bits per heavy atom.